The number of carbonyl (C=O) groups excluding carboxylic acids is 2. The lowest BCUT2D eigenvalue weighted by molar-refractivity contribution is -0.149. The third kappa shape index (κ3) is 12.8. The predicted octanol–water partition coefficient (Wildman–Crippen LogP) is 4.61. The number of carbonyl (C=O) groups is 3. The quantitative estimate of drug-likeness (QED) is 0.529. The fourth-order valence-electron chi connectivity index (χ4n) is 1.64. The normalized spacial score (nSPS) is 10.9. The molecule has 1 rings (SSSR count). The van der Waals surface area contributed by atoms with Crippen LogP contribution in [0, 0.1) is 0 Å². The molecule has 0 aliphatic rings. The molecule has 0 spiro atoms. The van der Waals surface area contributed by atoms with Gasteiger partial charge in [-0.25, -0.2) is 14.4 Å². The Hall–Kier alpha value is -3.15. The molecule has 29 heavy (non-hydrogen) atoms. The molecule has 0 unspecified atom stereocenters. The lowest BCUT2D eigenvalue weighted by Gasteiger charge is -2.19. The van der Waals surface area contributed by atoms with Crippen molar-refractivity contribution in [1.29, 1.82) is 0 Å². The number of aliphatic carboxylic acids is 1. The molecule has 0 bridgehead atoms. The summed E-state index contributed by atoms with van der Waals surface area (Å²) in [7, 11) is 0. The minimum absolute atomic E-state index is 0.172. The second-order valence-corrected chi connectivity index (χ2v) is 7.34. The number of rotatable bonds is 7. The van der Waals surface area contributed by atoms with Crippen LogP contribution in [0.2, 0.25) is 0 Å². The van der Waals surface area contributed by atoms with E-state index in [2.05, 4.69) is 13.2 Å². The van der Waals surface area contributed by atoms with Crippen LogP contribution in [0.15, 0.2) is 66.3 Å². The fraction of sp³-hybridized carbons (Fsp3) is 0.348. The Morgan fingerprint density at radius 2 is 1.59 bits per heavy atom. The van der Waals surface area contributed by atoms with Crippen LogP contribution < -0.4 is 0 Å². The van der Waals surface area contributed by atoms with Gasteiger partial charge in [0, 0.05) is 16.7 Å². The maximum Gasteiger partial charge on any atom is 0.334 e. The van der Waals surface area contributed by atoms with Crippen molar-refractivity contribution in [3.8, 4) is 0 Å². The number of hydrogen-bond donors (Lipinski definition) is 1. The molecule has 0 aliphatic heterocycles. The number of esters is 2. The minimum Gasteiger partial charge on any atom is -0.478 e. The maximum absolute atomic E-state index is 11.6. The number of carboxylic acid groups (broad SMARTS) is 1. The molecule has 6 nitrogen and oxygen atoms in total. The van der Waals surface area contributed by atoms with Gasteiger partial charge in [0.15, 0.2) is 0 Å². The van der Waals surface area contributed by atoms with Crippen LogP contribution in [-0.2, 0) is 30.5 Å². The van der Waals surface area contributed by atoms with Crippen LogP contribution in [0.3, 0.4) is 0 Å². The first-order chi connectivity index (χ1) is 13.3. The molecule has 1 N–H and O–H groups in total. The first-order valence-electron chi connectivity index (χ1n) is 9.01. The van der Waals surface area contributed by atoms with Crippen LogP contribution in [0.4, 0.5) is 0 Å². The van der Waals surface area contributed by atoms with E-state index in [1.54, 1.807) is 6.92 Å². The zero-order chi connectivity index (χ0) is 22.6. The first-order valence-corrected chi connectivity index (χ1v) is 9.01. The molecule has 0 saturated heterocycles. The van der Waals surface area contributed by atoms with Gasteiger partial charge in [-0.2, -0.15) is 0 Å². The Labute approximate surface area is 172 Å². The highest BCUT2D eigenvalue weighted by Gasteiger charge is 2.15. The number of ether oxygens (including phenoxy) is 2. The van der Waals surface area contributed by atoms with Gasteiger partial charge in [0.2, 0.25) is 0 Å². The van der Waals surface area contributed by atoms with Gasteiger partial charge in [-0.15, -0.1) is 0 Å². The Bertz CT molecular complexity index is 766. The monoisotopic (exact) mass is 402 g/mol. The maximum atomic E-state index is 11.6. The van der Waals surface area contributed by atoms with Crippen molar-refractivity contribution in [3.63, 3.8) is 0 Å². The summed E-state index contributed by atoms with van der Waals surface area (Å²) < 4.78 is 10.0. The molecule has 0 heterocycles. The van der Waals surface area contributed by atoms with E-state index in [0.717, 1.165) is 5.56 Å². The fourth-order valence-corrected chi connectivity index (χ4v) is 1.64. The zero-order valence-corrected chi connectivity index (χ0v) is 17.8. The summed E-state index contributed by atoms with van der Waals surface area (Å²) in [6.07, 6.45) is 1.61. The molecule has 0 aromatic heterocycles. The topological polar surface area (TPSA) is 89.9 Å². The van der Waals surface area contributed by atoms with Gasteiger partial charge in [0.05, 0.1) is 0 Å². The van der Waals surface area contributed by atoms with Gasteiger partial charge in [-0.05, 0) is 46.6 Å². The summed E-state index contributed by atoms with van der Waals surface area (Å²) >= 11 is 0. The van der Waals surface area contributed by atoms with E-state index in [1.165, 1.54) is 13.0 Å². The number of carboxylic acids is 1. The summed E-state index contributed by atoms with van der Waals surface area (Å²) in [6.45, 7) is 15.8. The summed E-state index contributed by atoms with van der Waals surface area (Å²) in [4.78, 5) is 33.0. The van der Waals surface area contributed by atoms with Crippen molar-refractivity contribution in [2.24, 2.45) is 0 Å². The van der Waals surface area contributed by atoms with Crippen LogP contribution in [-0.4, -0.2) is 28.6 Å². The van der Waals surface area contributed by atoms with E-state index >= 15 is 0 Å². The average Bonchev–Trinajstić information content (AvgIpc) is 2.63. The van der Waals surface area contributed by atoms with Crippen molar-refractivity contribution in [1.82, 2.24) is 0 Å². The van der Waals surface area contributed by atoms with E-state index < -0.39 is 17.5 Å². The van der Waals surface area contributed by atoms with Crippen molar-refractivity contribution < 1.29 is 29.0 Å². The molecule has 1 aromatic rings. The molecule has 0 amide bonds. The summed E-state index contributed by atoms with van der Waals surface area (Å²) in [5, 5.41) is 8.67. The van der Waals surface area contributed by atoms with Gasteiger partial charge in [-0.3, -0.25) is 0 Å². The van der Waals surface area contributed by atoms with Crippen LogP contribution in [0.5, 0.6) is 0 Å². The molecule has 1 aromatic carbocycles. The summed E-state index contributed by atoms with van der Waals surface area (Å²) in [5.74, 6) is -1.85. The minimum atomic E-state index is -1.01. The Morgan fingerprint density at radius 3 is 2.00 bits per heavy atom. The summed E-state index contributed by atoms with van der Waals surface area (Å²) in [6, 6.07) is 9.30. The van der Waals surface area contributed by atoms with Crippen molar-refractivity contribution in [3.05, 3.63) is 71.8 Å². The van der Waals surface area contributed by atoms with E-state index in [-0.39, 0.29) is 30.1 Å². The van der Waals surface area contributed by atoms with Gasteiger partial charge in [-0.1, -0.05) is 49.6 Å². The average molecular weight is 402 g/mol. The van der Waals surface area contributed by atoms with Crippen molar-refractivity contribution >= 4 is 17.9 Å². The van der Waals surface area contributed by atoms with Crippen molar-refractivity contribution in [2.75, 3.05) is 0 Å². The largest absolute Gasteiger partial charge is 0.478 e. The molecule has 158 valence electrons. The van der Waals surface area contributed by atoms with Gasteiger partial charge in [0.1, 0.15) is 12.2 Å². The Morgan fingerprint density at radius 1 is 1.03 bits per heavy atom. The third-order valence-electron chi connectivity index (χ3n) is 3.24. The predicted molar refractivity (Wildman–Crippen MR) is 112 cm³/mol. The highest BCUT2D eigenvalue weighted by atomic mass is 16.6. The third-order valence-corrected chi connectivity index (χ3v) is 3.24. The first kappa shape index (κ1) is 25.9. The highest BCUT2D eigenvalue weighted by Crippen LogP contribution is 2.09. The number of hydrogen-bond acceptors (Lipinski definition) is 5. The molecular formula is C23H30O6. The number of allylic oxidation sites excluding steroid dienone is 1. The van der Waals surface area contributed by atoms with E-state index in [0.29, 0.717) is 5.57 Å². The molecule has 0 saturated carbocycles. The zero-order valence-electron chi connectivity index (χ0n) is 17.8. The highest BCUT2D eigenvalue weighted by molar-refractivity contribution is 5.89. The SMILES string of the molecule is C=C(C)C(=O)OC(C)(C)C.C=C(CC=C(C)C(=O)O)C(=O)OCc1ccccc1. The standard InChI is InChI=1S/C15H16O4.C8H14O2/c1-11(14(16)17)8-9-12(2)15(18)19-10-13-6-4-3-5-7-13;1-6(2)7(9)10-8(3,4)5/h3-8H,2,9-10H2,1H3,(H,16,17);1H2,2-5H3. The van der Waals surface area contributed by atoms with Gasteiger partial charge in [0.25, 0.3) is 0 Å². The van der Waals surface area contributed by atoms with E-state index in [9.17, 15) is 14.4 Å². The number of benzene rings is 1. The van der Waals surface area contributed by atoms with E-state index in [1.807, 2.05) is 51.1 Å². The molecule has 6 heteroatoms. The Balaban J connectivity index is 0.000000665. The molecule has 0 aliphatic carbocycles. The lowest BCUT2D eigenvalue weighted by atomic mass is 10.1. The van der Waals surface area contributed by atoms with E-state index in [4.69, 9.17) is 14.6 Å². The second kappa shape index (κ2) is 12.3. The smallest absolute Gasteiger partial charge is 0.334 e. The summed E-state index contributed by atoms with van der Waals surface area (Å²) in [5.41, 5.74) is 1.33. The lowest BCUT2D eigenvalue weighted by Crippen LogP contribution is -2.23. The van der Waals surface area contributed by atoms with Crippen LogP contribution in [0.25, 0.3) is 0 Å². The van der Waals surface area contributed by atoms with Crippen LogP contribution in [0.1, 0.15) is 46.6 Å². The second-order valence-electron chi connectivity index (χ2n) is 7.34. The van der Waals surface area contributed by atoms with Gasteiger partial charge < -0.3 is 14.6 Å². The molecule has 0 radical (unpaired) electrons. The molecule has 0 atom stereocenters. The Kier molecular flexibility index (Phi) is 11.0. The van der Waals surface area contributed by atoms with Crippen LogP contribution >= 0.6 is 0 Å². The van der Waals surface area contributed by atoms with Gasteiger partial charge >= 0.3 is 17.9 Å². The molecular weight excluding hydrogens is 372 g/mol. The van der Waals surface area contributed by atoms with Crippen molar-refractivity contribution in [2.45, 2.75) is 53.2 Å². The molecule has 0 fully saturated rings.